The molecule has 0 saturated carbocycles. The van der Waals surface area contributed by atoms with Gasteiger partial charge in [-0.1, -0.05) is 0 Å². The predicted molar refractivity (Wildman–Crippen MR) is 109 cm³/mol. The van der Waals surface area contributed by atoms with Crippen LogP contribution in [0, 0.1) is 5.82 Å². The molecule has 1 unspecified atom stereocenters. The van der Waals surface area contributed by atoms with Gasteiger partial charge >= 0.3 is 0 Å². The van der Waals surface area contributed by atoms with Crippen LogP contribution in [0.4, 0.5) is 4.39 Å². The Morgan fingerprint density at radius 1 is 1.31 bits per heavy atom. The molecule has 1 saturated heterocycles. The standard InChI is InChI=1S/C20H22FN5O2.ClH/c21-15-5-3-14(4-6-15)20-24-16(13-28-20)7-10-23-19(27)18-8-11-26(25-18)17-2-1-9-22-12-17;/h3-6,8,11,13,17,22H,1-2,7,9-10,12H2,(H,23,27);1H. The van der Waals surface area contributed by atoms with Crippen molar-refractivity contribution in [3.05, 3.63) is 60.0 Å². The van der Waals surface area contributed by atoms with Crippen molar-refractivity contribution in [3.63, 3.8) is 0 Å². The molecule has 0 bridgehead atoms. The average Bonchev–Trinajstić information content (AvgIpc) is 3.39. The molecule has 2 aromatic heterocycles. The number of nitrogens with one attached hydrogen (secondary N) is 2. The molecule has 1 atom stereocenters. The van der Waals surface area contributed by atoms with E-state index in [1.165, 1.54) is 12.1 Å². The lowest BCUT2D eigenvalue weighted by atomic mass is 10.1. The highest BCUT2D eigenvalue weighted by atomic mass is 35.5. The van der Waals surface area contributed by atoms with Gasteiger partial charge in [-0.25, -0.2) is 9.37 Å². The first-order chi connectivity index (χ1) is 13.7. The van der Waals surface area contributed by atoms with Crippen molar-refractivity contribution in [1.29, 1.82) is 0 Å². The van der Waals surface area contributed by atoms with Crippen LogP contribution in [0.1, 0.15) is 35.1 Å². The minimum Gasteiger partial charge on any atom is -0.444 e. The predicted octanol–water partition coefficient (Wildman–Crippen LogP) is 3.00. The highest BCUT2D eigenvalue weighted by Crippen LogP contribution is 2.19. The third-order valence-electron chi connectivity index (χ3n) is 4.80. The Kier molecular flexibility index (Phi) is 7.00. The van der Waals surface area contributed by atoms with Crippen LogP contribution in [0.3, 0.4) is 0 Å². The number of hydrogen-bond donors (Lipinski definition) is 2. The summed E-state index contributed by atoms with van der Waals surface area (Å²) in [6, 6.07) is 8.00. The zero-order valence-corrected chi connectivity index (χ0v) is 16.6. The van der Waals surface area contributed by atoms with Gasteiger partial charge in [0.25, 0.3) is 5.91 Å². The largest absolute Gasteiger partial charge is 0.444 e. The van der Waals surface area contributed by atoms with Gasteiger partial charge in [0.05, 0.1) is 11.7 Å². The summed E-state index contributed by atoms with van der Waals surface area (Å²) in [6.07, 6.45) is 6.13. The SMILES string of the molecule is Cl.O=C(NCCc1coc(-c2ccc(F)cc2)n1)c1ccn(C2CCCNC2)n1. The average molecular weight is 420 g/mol. The van der Waals surface area contributed by atoms with Gasteiger partial charge in [0.2, 0.25) is 5.89 Å². The minimum atomic E-state index is -0.305. The Morgan fingerprint density at radius 3 is 2.90 bits per heavy atom. The van der Waals surface area contributed by atoms with E-state index in [4.69, 9.17) is 4.42 Å². The monoisotopic (exact) mass is 419 g/mol. The zero-order valence-electron chi connectivity index (χ0n) is 15.8. The van der Waals surface area contributed by atoms with E-state index in [9.17, 15) is 9.18 Å². The highest BCUT2D eigenvalue weighted by Gasteiger charge is 2.17. The first kappa shape index (κ1) is 21.0. The third-order valence-corrected chi connectivity index (χ3v) is 4.80. The zero-order chi connectivity index (χ0) is 19.3. The van der Waals surface area contributed by atoms with Crippen LogP contribution in [-0.4, -0.2) is 40.3 Å². The molecule has 9 heteroatoms. The van der Waals surface area contributed by atoms with Crippen LogP contribution in [-0.2, 0) is 6.42 Å². The number of halogens is 2. The fourth-order valence-electron chi connectivity index (χ4n) is 3.26. The number of rotatable bonds is 6. The Balaban J connectivity index is 0.00000240. The molecule has 1 aromatic carbocycles. The van der Waals surface area contributed by atoms with Crippen molar-refractivity contribution in [2.75, 3.05) is 19.6 Å². The Bertz CT molecular complexity index is 935. The molecule has 154 valence electrons. The molecular weight excluding hydrogens is 397 g/mol. The first-order valence-electron chi connectivity index (χ1n) is 9.43. The number of benzene rings is 1. The fourth-order valence-corrected chi connectivity index (χ4v) is 3.26. The number of amides is 1. The van der Waals surface area contributed by atoms with Crippen LogP contribution in [0.25, 0.3) is 11.5 Å². The van der Waals surface area contributed by atoms with Gasteiger partial charge in [-0.15, -0.1) is 12.4 Å². The second kappa shape index (κ2) is 9.67. The van der Waals surface area contributed by atoms with Crippen LogP contribution >= 0.6 is 12.4 Å². The summed E-state index contributed by atoms with van der Waals surface area (Å²) in [5, 5.41) is 10.6. The second-order valence-corrected chi connectivity index (χ2v) is 6.84. The van der Waals surface area contributed by atoms with E-state index in [1.54, 1.807) is 24.5 Å². The summed E-state index contributed by atoms with van der Waals surface area (Å²) >= 11 is 0. The normalized spacial score (nSPS) is 16.2. The van der Waals surface area contributed by atoms with Gasteiger partial charge in [-0.2, -0.15) is 5.10 Å². The molecule has 7 nitrogen and oxygen atoms in total. The van der Waals surface area contributed by atoms with Gasteiger partial charge in [0.1, 0.15) is 17.8 Å². The lowest BCUT2D eigenvalue weighted by molar-refractivity contribution is 0.0947. The van der Waals surface area contributed by atoms with Gasteiger partial charge in [-0.05, 0) is 49.7 Å². The molecule has 29 heavy (non-hydrogen) atoms. The number of carbonyl (C=O) groups excluding carboxylic acids is 1. The summed E-state index contributed by atoms with van der Waals surface area (Å²) in [5.41, 5.74) is 1.84. The van der Waals surface area contributed by atoms with Gasteiger partial charge < -0.3 is 15.1 Å². The van der Waals surface area contributed by atoms with Crippen molar-refractivity contribution in [2.24, 2.45) is 0 Å². The van der Waals surface area contributed by atoms with Gasteiger partial charge in [0, 0.05) is 31.3 Å². The number of aromatic nitrogens is 3. The Labute approximate surface area is 174 Å². The highest BCUT2D eigenvalue weighted by molar-refractivity contribution is 5.92. The van der Waals surface area contributed by atoms with Crippen LogP contribution < -0.4 is 10.6 Å². The van der Waals surface area contributed by atoms with Crippen LogP contribution in [0.2, 0.25) is 0 Å². The maximum absolute atomic E-state index is 13.0. The summed E-state index contributed by atoms with van der Waals surface area (Å²) in [7, 11) is 0. The molecule has 0 spiro atoms. The molecule has 4 rings (SSSR count). The topological polar surface area (TPSA) is 85.0 Å². The number of carbonyl (C=O) groups is 1. The van der Waals surface area contributed by atoms with E-state index in [2.05, 4.69) is 20.7 Å². The van der Waals surface area contributed by atoms with E-state index in [0.29, 0.717) is 36.2 Å². The number of oxazole rings is 1. The molecule has 1 aliphatic rings. The van der Waals surface area contributed by atoms with Crippen LogP contribution in [0.5, 0.6) is 0 Å². The van der Waals surface area contributed by atoms with E-state index >= 15 is 0 Å². The van der Waals surface area contributed by atoms with Crippen LogP contribution in [0.15, 0.2) is 47.2 Å². The lowest BCUT2D eigenvalue weighted by Gasteiger charge is -2.22. The third kappa shape index (κ3) is 5.21. The molecule has 1 fully saturated rings. The quantitative estimate of drug-likeness (QED) is 0.641. The maximum atomic E-state index is 13.0. The number of hydrogen-bond acceptors (Lipinski definition) is 5. The van der Waals surface area contributed by atoms with E-state index in [1.807, 2.05) is 10.9 Å². The second-order valence-electron chi connectivity index (χ2n) is 6.84. The van der Waals surface area contributed by atoms with Crippen molar-refractivity contribution >= 4 is 18.3 Å². The molecule has 2 N–H and O–H groups in total. The van der Waals surface area contributed by atoms with E-state index in [0.717, 1.165) is 31.6 Å². The van der Waals surface area contributed by atoms with Crippen molar-refractivity contribution in [1.82, 2.24) is 25.4 Å². The number of nitrogens with zero attached hydrogens (tertiary/aromatic N) is 3. The molecular formula is C20H23ClFN5O2. The fraction of sp³-hybridized carbons (Fsp3) is 0.350. The molecule has 0 radical (unpaired) electrons. The molecule has 1 aliphatic heterocycles. The van der Waals surface area contributed by atoms with E-state index in [-0.39, 0.29) is 24.1 Å². The minimum absolute atomic E-state index is 0. The van der Waals surface area contributed by atoms with Gasteiger partial charge in [-0.3, -0.25) is 9.48 Å². The lowest BCUT2D eigenvalue weighted by Crippen LogP contribution is -2.32. The number of piperidine rings is 1. The van der Waals surface area contributed by atoms with Crippen molar-refractivity contribution < 1.29 is 13.6 Å². The first-order valence-corrected chi connectivity index (χ1v) is 9.43. The molecule has 3 heterocycles. The molecule has 3 aromatic rings. The summed E-state index contributed by atoms with van der Waals surface area (Å²) < 4.78 is 20.3. The molecule has 1 amide bonds. The van der Waals surface area contributed by atoms with Crippen molar-refractivity contribution in [3.8, 4) is 11.5 Å². The summed E-state index contributed by atoms with van der Waals surface area (Å²) in [5.74, 6) is -0.0774. The van der Waals surface area contributed by atoms with Crippen molar-refractivity contribution in [2.45, 2.75) is 25.3 Å². The van der Waals surface area contributed by atoms with Gasteiger partial charge in [0.15, 0.2) is 0 Å². The summed E-state index contributed by atoms with van der Waals surface area (Å²) in [4.78, 5) is 16.7. The smallest absolute Gasteiger partial charge is 0.271 e. The Hall–Kier alpha value is -2.71. The molecule has 0 aliphatic carbocycles. The Morgan fingerprint density at radius 2 is 2.14 bits per heavy atom. The summed E-state index contributed by atoms with van der Waals surface area (Å²) in [6.45, 7) is 2.34. The maximum Gasteiger partial charge on any atom is 0.271 e. The van der Waals surface area contributed by atoms with E-state index < -0.39 is 0 Å².